The number of carbonyl (C=O) groups excluding carboxylic acids is 2. The maximum atomic E-state index is 13.1. The zero-order valence-corrected chi connectivity index (χ0v) is 47.8. The lowest BCUT2D eigenvalue weighted by Crippen LogP contribution is -2.60. The number of aliphatic hydroxyl groups is 5. The molecule has 7 unspecified atom stereocenters. The van der Waals surface area contributed by atoms with Gasteiger partial charge >= 0.3 is 5.97 Å². The van der Waals surface area contributed by atoms with Crippen LogP contribution in [0, 0.1) is 0 Å². The highest BCUT2D eigenvalue weighted by Crippen LogP contribution is 2.23. The summed E-state index contributed by atoms with van der Waals surface area (Å²) in [7, 11) is 0. The molecule has 0 aromatic heterocycles. The maximum absolute atomic E-state index is 13.1. The molecule has 0 bridgehead atoms. The Morgan fingerprint density at radius 3 is 1.34 bits per heavy atom. The first-order valence-corrected chi connectivity index (χ1v) is 31.3. The topological polar surface area (TPSA) is 175 Å². The van der Waals surface area contributed by atoms with Gasteiger partial charge in [0.25, 0.3) is 0 Å². The van der Waals surface area contributed by atoms with Crippen LogP contribution < -0.4 is 5.32 Å². The van der Waals surface area contributed by atoms with Crippen LogP contribution >= 0.6 is 0 Å². The summed E-state index contributed by atoms with van der Waals surface area (Å²) >= 11 is 0. The van der Waals surface area contributed by atoms with Crippen molar-refractivity contribution in [2.24, 2.45) is 0 Å². The maximum Gasteiger partial charge on any atom is 0.305 e. The first-order valence-electron chi connectivity index (χ1n) is 31.3. The minimum absolute atomic E-state index is 0.0188. The van der Waals surface area contributed by atoms with Gasteiger partial charge in [-0.1, -0.05) is 237 Å². The zero-order valence-electron chi connectivity index (χ0n) is 47.8. The van der Waals surface area contributed by atoms with E-state index < -0.39 is 49.5 Å². The van der Waals surface area contributed by atoms with Gasteiger partial charge in [0, 0.05) is 12.8 Å². The number of nitrogens with one attached hydrogen (secondary N) is 1. The van der Waals surface area contributed by atoms with Gasteiger partial charge in [0.1, 0.15) is 24.4 Å². The molecular weight excluding hydrogens is 931 g/mol. The van der Waals surface area contributed by atoms with Crippen molar-refractivity contribution in [1.82, 2.24) is 5.32 Å². The molecule has 7 atom stereocenters. The van der Waals surface area contributed by atoms with E-state index >= 15 is 0 Å². The number of esters is 1. The molecule has 1 aliphatic rings. The van der Waals surface area contributed by atoms with Crippen LogP contribution in [0.1, 0.15) is 290 Å². The molecule has 0 aromatic carbocycles. The monoisotopic (exact) mass is 1050 g/mol. The van der Waals surface area contributed by atoms with Gasteiger partial charge in [-0.25, -0.2) is 0 Å². The van der Waals surface area contributed by atoms with Gasteiger partial charge in [0.2, 0.25) is 5.91 Å². The number of ether oxygens (including phenoxy) is 3. The summed E-state index contributed by atoms with van der Waals surface area (Å²) in [6, 6.07) is -0.817. The second kappa shape index (κ2) is 52.9. The van der Waals surface area contributed by atoms with Crippen molar-refractivity contribution in [3.63, 3.8) is 0 Å². The largest absolute Gasteiger partial charge is 0.466 e. The molecule has 0 aromatic rings. The van der Waals surface area contributed by atoms with E-state index in [-0.39, 0.29) is 18.5 Å². The number of carbonyl (C=O) groups is 2. The third kappa shape index (κ3) is 42.0. The average Bonchev–Trinajstić information content (AvgIpc) is 3.40. The fourth-order valence-electron chi connectivity index (χ4n) is 9.70. The van der Waals surface area contributed by atoms with Crippen LogP contribution in [0.25, 0.3) is 0 Å². The molecule has 0 spiro atoms. The lowest BCUT2D eigenvalue weighted by atomic mass is 9.99. The van der Waals surface area contributed by atoms with Crippen LogP contribution in [0.3, 0.4) is 0 Å². The Morgan fingerprint density at radius 1 is 0.486 bits per heavy atom. The molecule has 0 aliphatic carbocycles. The van der Waals surface area contributed by atoms with Gasteiger partial charge < -0.3 is 45.1 Å². The Labute approximate surface area is 453 Å². The van der Waals surface area contributed by atoms with Crippen LogP contribution in [0.4, 0.5) is 0 Å². The Balaban J connectivity index is 2.11. The number of aliphatic hydroxyl groups excluding tert-OH is 5. The number of rotatable bonds is 54. The summed E-state index contributed by atoms with van der Waals surface area (Å²) in [5.74, 6) is -0.208. The van der Waals surface area contributed by atoms with Crippen LogP contribution in [0.2, 0.25) is 0 Å². The summed E-state index contributed by atoms with van der Waals surface area (Å²) < 4.78 is 16.7. The summed E-state index contributed by atoms with van der Waals surface area (Å²) in [5.41, 5.74) is 0. The van der Waals surface area contributed by atoms with Crippen molar-refractivity contribution >= 4 is 11.9 Å². The number of hydrogen-bond donors (Lipinski definition) is 6. The summed E-state index contributed by atoms with van der Waals surface area (Å²) in [4.78, 5) is 25.1. The molecular formula is C63H117NO10. The molecule has 1 saturated heterocycles. The van der Waals surface area contributed by atoms with Gasteiger partial charge in [0.05, 0.1) is 32.0 Å². The minimum Gasteiger partial charge on any atom is -0.466 e. The number of allylic oxidation sites excluding steroid dienone is 5. The van der Waals surface area contributed by atoms with Gasteiger partial charge in [-0.3, -0.25) is 9.59 Å². The Hall–Kier alpha value is -2.12. The Bertz CT molecular complexity index is 1320. The van der Waals surface area contributed by atoms with Crippen molar-refractivity contribution in [2.45, 2.75) is 333 Å². The lowest BCUT2D eigenvalue weighted by molar-refractivity contribution is -0.302. The second-order valence-corrected chi connectivity index (χ2v) is 21.8. The van der Waals surface area contributed by atoms with E-state index in [9.17, 15) is 35.1 Å². The quantitative estimate of drug-likeness (QED) is 0.0195. The van der Waals surface area contributed by atoms with E-state index in [1.54, 1.807) is 6.08 Å². The van der Waals surface area contributed by atoms with Crippen LogP contribution in [-0.4, -0.2) is 100 Å². The molecule has 11 heteroatoms. The van der Waals surface area contributed by atoms with Crippen molar-refractivity contribution in [2.75, 3.05) is 19.8 Å². The van der Waals surface area contributed by atoms with Gasteiger partial charge in [-0.2, -0.15) is 0 Å². The highest BCUT2D eigenvalue weighted by atomic mass is 16.7. The fraction of sp³-hybridized carbons (Fsp3) is 0.873. The van der Waals surface area contributed by atoms with Gasteiger partial charge in [0.15, 0.2) is 6.29 Å². The average molecular weight is 1050 g/mol. The first kappa shape index (κ1) is 69.9. The lowest BCUT2D eigenvalue weighted by Gasteiger charge is -2.40. The zero-order chi connectivity index (χ0) is 53.8. The van der Waals surface area contributed by atoms with E-state index in [2.05, 4.69) is 43.5 Å². The van der Waals surface area contributed by atoms with Gasteiger partial charge in [-0.15, -0.1) is 0 Å². The molecule has 74 heavy (non-hydrogen) atoms. The summed E-state index contributed by atoms with van der Waals surface area (Å²) in [6.45, 7) is 4.30. The van der Waals surface area contributed by atoms with Crippen molar-refractivity contribution in [3.05, 3.63) is 36.5 Å². The van der Waals surface area contributed by atoms with Crippen LogP contribution in [0.15, 0.2) is 36.5 Å². The predicted octanol–water partition coefficient (Wildman–Crippen LogP) is 14.7. The van der Waals surface area contributed by atoms with Crippen LogP contribution in [0.5, 0.6) is 0 Å². The smallest absolute Gasteiger partial charge is 0.305 e. The fourth-order valence-corrected chi connectivity index (χ4v) is 9.70. The molecule has 1 rings (SSSR count). The molecule has 0 radical (unpaired) electrons. The van der Waals surface area contributed by atoms with E-state index in [0.717, 1.165) is 77.0 Å². The Morgan fingerprint density at radius 2 is 0.878 bits per heavy atom. The Kier molecular flexibility index (Phi) is 50.0. The van der Waals surface area contributed by atoms with E-state index in [1.807, 2.05) is 6.08 Å². The predicted molar refractivity (Wildman–Crippen MR) is 306 cm³/mol. The van der Waals surface area contributed by atoms with Crippen LogP contribution in [-0.2, 0) is 23.8 Å². The minimum atomic E-state index is -1.57. The molecule has 0 saturated carbocycles. The first-order chi connectivity index (χ1) is 36.2. The van der Waals surface area contributed by atoms with E-state index in [4.69, 9.17) is 14.2 Å². The number of unbranched alkanes of at least 4 members (excludes halogenated alkanes) is 36. The number of hydrogen-bond acceptors (Lipinski definition) is 10. The number of amides is 1. The third-order valence-corrected chi connectivity index (χ3v) is 14.7. The van der Waals surface area contributed by atoms with Gasteiger partial charge in [-0.05, 0) is 77.0 Å². The molecule has 1 amide bonds. The van der Waals surface area contributed by atoms with Crippen molar-refractivity contribution in [1.29, 1.82) is 0 Å². The molecule has 11 nitrogen and oxygen atoms in total. The molecule has 1 heterocycles. The normalized spacial score (nSPS) is 19.0. The van der Waals surface area contributed by atoms with Crippen molar-refractivity contribution < 1.29 is 49.3 Å². The summed E-state index contributed by atoms with van der Waals surface area (Å²) in [6.07, 6.45) is 55.1. The standard InChI is InChI=1S/C63H117NO10/c1-3-5-7-9-11-13-15-16-23-26-30-33-37-41-45-49-56(66)55(54-73-63-62(71)61(70)60(69)57(53-65)74-63)64-58(67)50-46-42-38-34-31-27-24-21-19-17-18-20-22-25-28-32-36-40-44-48-52-72-59(68)51-47-43-39-35-29-14-12-10-8-6-4-2/h10,12,17,19,45,49,55-57,60-63,65-66,69-71H,3-9,11,13-16,18,20-44,46-48,50-54H2,1-2H3,(H,64,67)/b12-10-,19-17-,49-45+. The molecule has 1 fully saturated rings. The molecule has 434 valence electrons. The molecule has 6 N–H and O–H groups in total. The van der Waals surface area contributed by atoms with Crippen molar-refractivity contribution in [3.8, 4) is 0 Å². The highest BCUT2D eigenvalue weighted by Gasteiger charge is 2.44. The highest BCUT2D eigenvalue weighted by molar-refractivity contribution is 5.76. The van der Waals surface area contributed by atoms with E-state index in [0.29, 0.717) is 19.4 Å². The molecule has 1 aliphatic heterocycles. The summed E-state index contributed by atoms with van der Waals surface area (Å²) in [5, 5.41) is 54.5. The van der Waals surface area contributed by atoms with E-state index in [1.165, 1.54) is 186 Å². The third-order valence-electron chi connectivity index (χ3n) is 14.7. The SMILES string of the molecule is CCCC/C=C\CCCCCCCC(=O)OCCCCCCCCCCC/C=C\CCCCCCCCCC(=O)NC(COC1OC(CO)C(O)C(O)C1O)C(O)/C=C/CCCCCCCCCCCCCCC. The second-order valence-electron chi connectivity index (χ2n) is 21.8.